The summed E-state index contributed by atoms with van der Waals surface area (Å²) in [5.41, 5.74) is 2.68. The van der Waals surface area contributed by atoms with Crippen LogP contribution in [-0.2, 0) is 37.1 Å². The van der Waals surface area contributed by atoms with Gasteiger partial charge in [-0.15, -0.1) is 4.36 Å². The van der Waals surface area contributed by atoms with Crippen molar-refractivity contribution in [2.24, 2.45) is 28.0 Å². The van der Waals surface area contributed by atoms with E-state index in [-0.39, 0.29) is 35.0 Å². The van der Waals surface area contributed by atoms with Crippen LogP contribution >= 0.6 is 11.6 Å². The number of methoxy groups -OCH3 is 2. The van der Waals surface area contributed by atoms with Crippen molar-refractivity contribution < 1.29 is 28.0 Å². The third kappa shape index (κ3) is 7.72. The highest BCUT2D eigenvalue weighted by Gasteiger charge is 2.50. The summed E-state index contributed by atoms with van der Waals surface area (Å²) in [5.74, 6) is -0.175. The first-order valence-electron chi connectivity index (χ1n) is 17.5. The van der Waals surface area contributed by atoms with Gasteiger partial charge in [-0.25, -0.2) is 4.21 Å². The molecule has 49 heavy (non-hydrogen) atoms. The number of carbonyl (C=O) groups is 2. The topological polar surface area (TPSA) is 107 Å². The molecule has 1 unspecified atom stereocenters. The van der Waals surface area contributed by atoms with E-state index in [0.29, 0.717) is 54.7 Å². The lowest BCUT2D eigenvalue weighted by molar-refractivity contribution is -0.141. The van der Waals surface area contributed by atoms with Gasteiger partial charge in [0.1, 0.15) is 15.7 Å². The molecule has 4 bridgehead atoms. The molecular formula is C38H50ClN3O6S. The van der Waals surface area contributed by atoms with Crippen LogP contribution in [0.3, 0.4) is 0 Å². The second-order valence-corrected chi connectivity index (χ2v) is 17.3. The Bertz CT molecular complexity index is 1730. The normalized spacial score (nSPS) is 34.1. The second-order valence-electron chi connectivity index (χ2n) is 14.9. The van der Waals surface area contributed by atoms with Crippen LogP contribution < -0.4 is 14.4 Å². The van der Waals surface area contributed by atoms with Crippen molar-refractivity contribution in [3.8, 4) is 5.75 Å². The molecule has 2 aliphatic carbocycles. The molecule has 3 heterocycles. The quantitative estimate of drug-likeness (QED) is 0.336. The maximum absolute atomic E-state index is 14.5. The largest absolute Gasteiger partial charge is 0.491 e. The fourth-order valence-corrected chi connectivity index (χ4v) is 10.1. The Hall–Kier alpha value is -2.92. The highest BCUT2D eigenvalue weighted by molar-refractivity contribution is 7.92. The van der Waals surface area contributed by atoms with Crippen molar-refractivity contribution in [2.75, 3.05) is 38.0 Å². The molecule has 266 valence electrons. The van der Waals surface area contributed by atoms with Crippen LogP contribution in [0.15, 0.2) is 52.9 Å². The van der Waals surface area contributed by atoms with Crippen molar-refractivity contribution in [3.63, 3.8) is 0 Å². The molecule has 0 aromatic heterocycles. The van der Waals surface area contributed by atoms with E-state index >= 15 is 0 Å². The van der Waals surface area contributed by atoms with E-state index in [4.69, 9.17) is 25.8 Å². The fourth-order valence-electron chi connectivity index (χ4n) is 7.95. The molecule has 9 nitrogen and oxygen atoms in total. The number of aryl methyl sites for hydroxylation is 1. The average molecular weight is 712 g/mol. The minimum atomic E-state index is -3.46. The molecule has 2 amide bonds. The van der Waals surface area contributed by atoms with Gasteiger partial charge in [0.25, 0.3) is 5.91 Å². The molecule has 3 aliphatic heterocycles. The number of hydrogen-bond acceptors (Lipinski definition) is 7. The SMILES string of the molecule is COC1(C)CC(C(=O)NS2(=O)=NC(=O)c3ccc4c(c3)N(Cc3ccc(Cl)cc3CCCCO4)C[C@@H]3C[C@@](OC)(/C=C/C[C@H](C)C2)[C@@H]3C)C1. The van der Waals surface area contributed by atoms with Crippen LogP contribution in [0.5, 0.6) is 5.75 Å². The minimum Gasteiger partial charge on any atom is -0.491 e. The number of carbonyl (C=O) groups excluding carboxylic acids is 2. The molecule has 11 heteroatoms. The van der Waals surface area contributed by atoms with Crippen molar-refractivity contribution in [3.05, 3.63) is 70.3 Å². The molecule has 0 saturated heterocycles. The second kappa shape index (κ2) is 14.4. The van der Waals surface area contributed by atoms with Gasteiger partial charge in [0.15, 0.2) is 0 Å². The predicted molar refractivity (Wildman–Crippen MR) is 193 cm³/mol. The highest BCUT2D eigenvalue weighted by Crippen LogP contribution is 2.49. The molecule has 7 rings (SSSR count). The summed E-state index contributed by atoms with van der Waals surface area (Å²) >= 11 is 6.46. The molecule has 2 fully saturated rings. The molecule has 1 N–H and O–H groups in total. The predicted octanol–water partition coefficient (Wildman–Crippen LogP) is 7.15. The van der Waals surface area contributed by atoms with E-state index in [1.807, 2.05) is 32.0 Å². The van der Waals surface area contributed by atoms with E-state index in [1.165, 1.54) is 11.1 Å². The van der Waals surface area contributed by atoms with Gasteiger partial charge in [-0.2, -0.15) is 0 Å². The van der Waals surface area contributed by atoms with E-state index in [9.17, 15) is 13.8 Å². The number of benzene rings is 2. The number of rotatable bonds is 4. The Morgan fingerprint density at radius 3 is 2.61 bits per heavy atom. The van der Waals surface area contributed by atoms with Gasteiger partial charge < -0.3 is 19.1 Å². The maximum atomic E-state index is 14.5. The summed E-state index contributed by atoms with van der Waals surface area (Å²) in [6, 6.07) is 11.4. The number of nitrogens with one attached hydrogen (secondary N) is 1. The summed E-state index contributed by atoms with van der Waals surface area (Å²) in [6.45, 7) is 8.02. The lowest BCUT2D eigenvalue weighted by Gasteiger charge is -2.53. The molecule has 2 aromatic carbocycles. The van der Waals surface area contributed by atoms with Crippen molar-refractivity contribution in [1.29, 1.82) is 0 Å². The zero-order valence-electron chi connectivity index (χ0n) is 29.3. The monoisotopic (exact) mass is 711 g/mol. The Morgan fingerprint density at radius 2 is 1.88 bits per heavy atom. The maximum Gasteiger partial charge on any atom is 0.286 e. The van der Waals surface area contributed by atoms with Crippen LogP contribution in [-0.4, -0.2) is 60.3 Å². The number of amides is 2. The van der Waals surface area contributed by atoms with Gasteiger partial charge in [-0.1, -0.05) is 43.7 Å². The number of anilines is 1. The Kier molecular flexibility index (Phi) is 10.5. The number of fused-ring (bicyclic) bond motifs is 6. The number of allylic oxidation sites excluding steroid dienone is 1. The highest BCUT2D eigenvalue weighted by atomic mass is 35.5. The van der Waals surface area contributed by atoms with Gasteiger partial charge in [0.05, 0.1) is 29.2 Å². The fraction of sp³-hybridized carbons (Fsp3) is 0.579. The van der Waals surface area contributed by atoms with Crippen LogP contribution in [0.2, 0.25) is 5.02 Å². The van der Waals surface area contributed by atoms with Crippen molar-refractivity contribution in [2.45, 2.75) is 83.5 Å². The first-order chi connectivity index (χ1) is 23.3. The van der Waals surface area contributed by atoms with E-state index < -0.39 is 21.4 Å². The summed E-state index contributed by atoms with van der Waals surface area (Å²) in [4.78, 5) is 29.6. The molecule has 0 radical (unpaired) electrons. The van der Waals surface area contributed by atoms with Crippen LogP contribution in [0, 0.1) is 23.7 Å². The van der Waals surface area contributed by atoms with E-state index in [1.54, 1.807) is 20.3 Å². The van der Waals surface area contributed by atoms with Crippen LogP contribution in [0.4, 0.5) is 5.69 Å². The Morgan fingerprint density at radius 1 is 1.08 bits per heavy atom. The zero-order chi connectivity index (χ0) is 35.0. The first kappa shape index (κ1) is 35.9. The number of ether oxygens (including phenoxy) is 3. The Balaban J connectivity index is 1.42. The van der Waals surface area contributed by atoms with Gasteiger partial charge in [-0.3, -0.25) is 14.3 Å². The number of nitrogens with zero attached hydrogens (tertiary/aromatic N) is 2. The molecule has 2 saturated carbocycles. The van der Waals surface area contributed by atoms with Gasteiger partial charge in [-0.05, 0) is 111 Å². The van der Waals surface area contributed by atoms with Crippen LogP contribution in [0.1, 0.15) is 80.8 Å². The summed E-state index contributed by atoms with van der Waals surface area (Å²) in [7, 11) is -0.0612. The lowest BCUT2D eigenvalue weighted by atomic mass is 9.61. The lowest BCUT2D eigenvalue weighted by Crippen LogP contribution is -2.56. The van der Waals surface area contributed by atoms with E-state index in [0.717, 1.165) is 37.9 Å². The first-order valence-corrected chi connectivity index (χ1v) is 19.6. The number of hydrogen-bond donors (Lipinski definition) is 1. The molecule has 2 aromatic rings. The van der Waals surface area contributed by atoms with Gasteiger partial charge in [0.2, 0.25) is 5.91 Å². The van der Waals surface area contributed by atoms with Crippen LogP contribution in [0.25, 0.3) is 0 Å². The third-order valence-corrected chi connectivity index (χ3v) is 13.5. The molecule has 5 atom stereocenters. The van der Waals surface area contributed by atoms with Gasteiger partial charge in [0, 0.05) is 43.8 Å². The molecular weight excluding hydrogens is 662 g/mol. The summed E-state index contributed by atoms with van der Waals surface area (Å²) < 4.78 is 39.6. The third-order valence-electron chi connectivity index (χ3n) is 11.2. The summed E-state index contributed by atoms with van der Waals surface area (Å²) in [5, 5.41) is 0.715. The zero-order valence-corrected chi connectivity index (χ0v) is 30.9. The van der Waals surface area contributed by atoms with E-state index in [2.05, 4.69) is 45.2 Å². The smallest absolute Gasteiger partial charge is 0.286 e. The average Bonchev–Trinajstić information content (AvgIpc) is 3.08. The standard InChI is InChI=1S/C38H50ClN3O6S/c1-25-9-8-15-38(47-5)21-31(26(38)2)23-42-22-29-11-13-32(39)17-27(29)10-6-7-16-48-34-14-12-28(18-33(34)42)35(43)40-49(45,24-25)41-36(44)30-19-37(3,20-30)46-4/h8,11-15,17-18,25-26,30-31H,6-7,9-10,16,19-24H2,1-5H3,(H,40,41,43,44,45)/b15-8+/t25-,26+,30?,31-,37?,38-,49?/m0/s1. The molecule has 0 spiro atoms. The number of halogens is 1. The summed E-state index contributed by atoms with van der Waals surface area (Å²) in [6.07, 6.45) is 9.46. The molecule has 5 aliphatic rings. The van der Waals surface area contributed by atoms with Crippen molar-refractivity contribution in [1.82, 2.24) is 4.72 Å². The van der Waals surface area contributed by atoms with Gasteiger partial charge >= 0.3 is 0 Å². The Labute approximate surface area is 296 Å². The van der Waals surface area contributed by atoms with Crippen molar-refractivity contribution >= 4 is 39.0 Å². The minimum absolute atomic E-state index is 0.0424.